The molecule has 0 aliphatic heterocycles. The van der Waals surface area contributed by atoms with E-state index in [1.54, 1.807) is 6.92 Å². The van der Waals surface area contributed by atoms with Crippen LogP contribution in [-0.2, 0) is 14.3 Å². The van der Waals surface area contributed by atoms with Crippen LogP contribution in [0.3, 0.4) is 0 Å². The van der Waals surface area contributed by atoms with E-state index in [0.29, 0.717) is 0 Å². The summed E-state index contributed by atoms with van der Waals surface area (Å²) < 4.78 is 4.55. The van der Waals surface area contributed by atoms with Gasteiger partial charge in [0.05, 0.1) is 12.5 Å². The van der Waals surface area contributed by atoms with Crippen molar-refractivity contribution < 1.29 is 14.3 Å². The van der Waals surface area contributed by atoms with E-state index < -0.39 is 17.4 Å². The number of amides is 1. The Morgan fingerprint density at radius 1 is 1.56 bits per heavy atom. The third-order valence-corrected chi connectivity index (χ3v) is 3.45. The van der Waals surface area contributed by atoms with Crippen LogP contribution in [0.15, 0.2) is 0 Å². The minimum absolute atomic E-state index is 0.127. The number of nitrogens with one attached hydrogen (secondary N) is 1. The van der Waals surface area contributed by atoms with Crippen LogP contribution in [0.5, 0.6) is 0 Å². The third kappa shape index (κ3) is 2.35. The van der Waals surface area contributed by atoms with Crippen LogP contribution in [0.25, 0.3) is 0 Å². The van der Waals surface area contributed by atoms with Crippen LogP contribution in [0.4, 0.5) is 0 Å². The Balaban J connectivity index is 2.61. The number of hydrogen-bond donors (Lipinski definition) is 2. The van der Waals surface area contributed by atoms with E-state index in [4.69, 9.17) is 5.73 Å². The van der Waals surface area contributed by atoms with Crippen molar-refractivity contribution in [3.05, 3.63) is 0 Å². The van der Waals surface area contributed by atoms with Crippen LogP contribution < -0.4 is 11.1 Å². The lowest BCUT2D eigenvalue weighted by atomic mass is 9.84. The van der Waals surface area contributed by atoms with Gasteiger partial charge in [0.25, 0.3) is 0 Å². The van der Waals surface area contributed by atoms with Gasteiger partial charge in [-0.2, -0.15) is 0 Å². The fourth-order valence-corrected chi connectivity index (χ4v) is 2.07. The molecule has 5 heteroatoms. The van der Waals surface area contributed by atoms with Crippen molar-refractivity contribution in [2.75, 3.05) is 7.11 Å². The number of ether oxygens (including phenoxy) is 1. The largest absolute Gasteiger partial charge is 0.467 e. The Labute approximate surface area is 95.7 Å². The molecule has 0 heterocycles. The molecule has 0 aromatic heterocycles. The molecule has 3 N–H and O–H groups in total. The van der Waals surface area contributed by atoms with Crippen molar-refractivity contribution in [2.24, 2.45) is 11.1 Å². The summed E-state index contributed by atoms with van der Waals surface area (Å²) in [4.78, 5) is 23.2. The van der Waals surface area contributed by atoms with E-state index in [1.165, 1.54) is 7.11 Å². The van der Waals surface area contributed by atoms with Crippen LogP contribution in [0, 0.1) is 5.41 Å². The van der Waals surface area contributed by atoms with Gasteiger partial charge in [-0.05, 0) is 26.7 Å². The molecule has 1 aliphatic carbocycles. The number of carbonyl (C=O) groups excluding carboxylic acids is 2. The molecule has 0 spiro atoms. The topological polar surface area (TPSA) is 81.4 Å². The standard InChI is InChI=1S/C11H20N2O3/c1-7(9(14)16-3)13-10(15)11(2)6-4-5-8(11)12/h7-8H,4-6,12H2,1-3H3,(H,13,15). The number of methoxy groups -OCH3 is 1. The summed E-state index contributed by atoms with van der Waals surface area (Å²) in [7, 11) is 1.30. The molecule has 1 aliphatic rings. The van der Waals surface area contributed by atoms with E-state index in [1.807, 2.05) is 6.92 Å². The first-order valence-corrected chi connectivity index (χ1v) is 5.56. The molecule has 3 unspecified atom stereocenters. The first kappa shape index (κ1) is 13.0. The molecule has 1 rings (SSSR count). The average Bonchev–Trinajstić information content (AvgIpc) is 2.59. The SMILES string of the molecule is COC(=O)C(C)NC(=O)C1(C)CCCC1N. The molecule has 16 heavy (non-hydrogen) atoms. The predicted octanol–water partition coefficient (Wildman–Crippen LogP) is 0.182. The Kier molecular flexibility index (Phi) is 3.91. The first-order valence-electron chi connectivity index (χ1n) is 5.56. The zero-order valence-electron chi connectivity index (χ0n) is 10.1. The van der Waals surface area contributed by atoms with Crippen LogP contribution in [0.1, 0.15) is 33.1 Å². The summed E-state index contributed by atoms with van der Waals surface area (Å²) in [6.45, 7) is 3.46. The van der Waals surface area contributed by atoms with E-state index in [9.17, 15) is 9.59 Å². The second-order valence-electron chi connectivity index (χ2n) is 4.63. The molecule has 0 aromatic rings. The zero-order valence-corrected chi connectivity index (χ0v) is 10.1. The van der Waals surface area contributed by atoms with Gasteiger partial charge in [0, 0.05) is 6.04 Å². The van der Waals surface area contributed by atoms with Crippen molar-refractivity contribution in [2.45, 2.75) is 45.2 Å². The van der Waals surface area contributed by atoms with Crippen molar-refractivity contribution in [3.63, 3.8) is 0 Å². The van der Waals surface area contributed by atoms with Gasteiger partial charge in [-0.1, -0.05) is 6.42 Å². The maximum absolute atomic E-state index is 12.0. The predicted molar refractivity (Wildman–Crippen MR) is 59.6 cm³/mol. The maximum Gasteiger partial charge on any atom is 0.328 e. The van der Waals surface area contributed by atoms with Crippen molar-refractivity contribution >= 4 is 11.9 Å². The second-order valence-corrected chi connectivity index (χ2v) is 4.63. The molecule has 0 bridgehead atoms. The highest BCUT2D eigenvalue weighted by molar-refractivity contribution is 5.88. The van der Waals surface area contributed by atoms with E-state index in [0.717, 1.165) is 19.3 Å². The fraction of sp³-hybridized carbons (Fsp3) is 0.818. The highest BCUT2D eigenvalue weighted by Gasteiger charge is 2.43. The molecule has 92 valence electrons. The lowest BCUT2D eigenvalue weighted by Gasteiger charge is -2.28. The molecule has 1 amide bonds. The average molecular weight is 228 g/mol. The van der Waals surface area contributed by atoms with E-state index in [2.05, 4.69) is 10.1 Å². The molecule has 5 nitrogen and oxygen atoms in total. The van der Waals surface area contributed by atoms with Gasteiger partial charge in [-0.25, -0.2) is 4.79 Å². The zero-order chi connectivity index (χ0) is 12.3. The minimum atomic E-state index is -0.623. The van der Waals surface area contributed by atoms with Gasteiger partial charge in [0.15, 0.2) is 0 Å². The summed E-state index contributed by atoms with van der Waals surface area (Å²) in [6.07, 6.45) is 2.59. The summed E-state index contributed by atoms with van der Waals surface area (Å²) in [5.41, 5.74) is 5.37. The van der Waals surface area contributed by atoms with Gasteiger partial charge < -0.3 is 15.8 Å². The highest BCUT2D eigenvalue weighted by Crippen LogP contribution is 2.36. The lowest BCUT2D eigenvalue weighted by Crippen LogP contribution is -2.51. The Bertz CT molecular complexity index is 293. The fourth-order valence-electron chi connectivity index (χ4n) is 2.07. The Hall–Kier alpha value is -1.10. The van der Waals surface area contributed by atoms with Gasteiger partial charge in [0.1, 0.15) is 6.04 Å². The van der Waals surface area contributed by atoms with Gasteiger partial charge in [-0.3, -0.25) is 4.79 Å². The lowest BCUT2D eigenvalue weighted by molar-refractivity contribution is -0.146. The summed E-state index contributed by atoms with van der Waals surface area (Å²) in [6, 6.07) is -0.750. The van der Waals surface area contributed by atoms with E-state index in [-0.39, 0.29) is 11.9 Å². The molecular weight excluding hydrogens is 208 g/mol. The summed E-state index contributed by atoms with van der Waals surface area (Å²) in [5, 5.41) is 2.65. The maximum atomic E-state index is 12.0. The summed E-state index contributed by atoms with van der Waals surface area (Å²) >= 11 is 0. The molecule has 0 aromatic carbocycles. The van der Waals surface area contributed by atoms with Crippen molar-refractivity contribution in [1.29, 1.82) is 0 Å². The van der Waals surface area contributed by atoms with Crippen LogP contribution >= 0.6 is 0 Å². The highest BCUT2D eigenvalue weighted by atomic mass is 16.5. The van der Waals surface area contributed by atoms with Crippen LogP contribution in [0.2, 0.25) is 0 Å². The van der Waals surface area contributed by atoms with Gasteiger partial charge in [-0.15, -0.1) is 0 Å². The quantitative estimate of drug-likeness (QED) is 0.675. The molecule has 1 fully saturated rings. The molecule has 1 saturated carbocycles. The number of nitrogens with two attached hydrogens (primary N) is 1. The number of hydrogen-bond acceptors (Lipinski definition) is 4. The van der Waals surface area contributed by atoms with Crippen molar-refractivity contribution in [3.8, 4) is 0 Å². The van der Waals surface area contributed by atoms with Gasteiger partial charge >= 0.3 is 5.97 Å². The molecular formula is C11H20N2O3. The van der Waals surface area contributed by atoms with Gasteiger partial charge in [0.2, 0.25) is 5.91 Å². The number of rotatable bonds is 3. The van der Waals surface area contributed by atoms with Crippen LogP contribution in [-0.4, -0.2) is 31.1 Å². The van der Waals surface area contributed by atoms with Crippen molar-refractivity contribution in [1.82, 2.24) is 5.32 Å². The third-order valence-electron chi connectivity index (χ3n) is 3.45. The normalized spacial score (nSPS) is 30.9. The monoisotopic (exact) mass is 228 g/mol. The smallest absolute Gasteiger partial charge is 0.328 e. The summed E-state index contributed by atoms with van der Waals surface area (Å²) in [5.74, 6) is -0.598. The number of carbonyl (C=O) groups is 2. The first-order chi connectivity index (χ1) is 7.41. The molecule has 0 saturated heterocycles. The van der Waals surface area contributed by atoms with E-state index >= 15 is 0 Å². The Morgan fingerprint density at radius 3 is 2.62 bits per heavy atom. The molecule has 3 atom stereocenters. The number of esters is 1. The second kappa shape index (κ2) is 4.82. The molecule has 0 radical (unpaired) electrons. The Morgan fingerprint density at radius 2 is 2.19 bits per heavy atom. The minimum Gasteiger partial charge on any atom is -0.467 e.